The van der Waals surface area contributed by atoms with E-state index < -0.39 is 0 Å². The van der Waals surface area contributed by atoms with Crippen LogP contribution in [0.3, 0.4) is 0 Å². The summed E-state index contributed by atoms with van der Waals surface area (Å²) < 4.78 is 1.82. The Morgan fingerprint density at radius 3 is 2.73 bits per heavy atom. The first-order valence-electron chi connectivity index (χ1n) is 4.89. The highest BCUT2D eigenvalue weighted by atomic mass is 32.1. The fourth-order valence-electron chi connectivity index (χ4n) is 1.23. The second-order valence-corrected chi connectivity index (χ2v) is 4.64. The van der Waals surface area contributed by atoms with Gasteiger partial charge in [-0.2, -0.15) is 5.10 Å². The molecule has 0 saturated heterocycles. The molecule has 2 aromatic rings. The maximum absolute atomic E-state index is 4.29. The summed E-state index contributed by atoms with van der Waals surface area (Å²) in [4.78, 5) is 4.29. The van der Waals surface area contributed by atoms with Crippen LogP contribution in [0, 0.1) is 0 Å². The molecule has 15 heavy (non-hydrogen) atoms. The minimum Gasteiger partial charge on any atom is -0.379 e. The van der Waals surface area contributed by atoms with Crippen molar-refractivity contribution in [1.29, 1.82) is 0 Å². The molecule has 2 aromatic heterocycles. The van der Waals surface area contributed by atoms with Gasteiger partial charge in [0.1, 0.15) is 5.00 Å². The number of hydrogen-bond donors (Lipinski definition) is 1. The van der Waals surface area contributed by atoms with Crippen molar-refractivity contribution in [1.82, 2.24) is 14.8 Å². The van der Waals surface area contributed by atoms with Gasteiger partial charge in [0, 0.05) is 13.2 Å². The molecule has 0 amide bonds. The molecular weight excluding hydrogens is 208 g/mol. The van der Waals surface area contributed by atoms with Gasteiger partial charge in [-0.05, 0) is 11.5 Å². The van der Waals surface area contributed by atoms with Crippen LogP contribution in [0.4, 0.5) is 5.00 Å². The lowest BCUT2D eigenvalue weighted by atomic mass is 10.1. The highest BCUT2D eigenvalue weighted by Gasteiger charge is 2.07. The van der Waals surface area contributed by atoms with Crippen molar-refractivity contribution in [2.45, 2.75) is 19.8 Å². The average Bonchev–Trinajstić information content (AvgIpc) is 2.86. The van der Waals surface area contributed by atoms with Crippen molar-refractivity contribution in [2.75, 3.05) is 12.4 Å². The first-order chi connectivity index (χ1) is 7.20. The Balaban J connectivity index is 2.28. The lowest BCUT2D eigenvalue weighted by Gasteiger charge is -1.97. The fourth-order valence-corrected chi connectivity index (χ4v) is 1.93. The van der Waals surface area contributed by atoms with Gasteiger partial charge >= 0.3 is 0 Å². The lowest BCUT2D eigenvalue weighted by Crippen LogP contribution is -1.92. The summed E-state index contributed by atoms with van der Waals surface area (Å²) in [5.41, 5.74) is 1.23. The van der Waals surface area contributed by atoms with Crippen LogP contribution < -0.4 is 5.32 Å². The molecule has 4 nitrogen and oxygen atoms in total. The molecule has 80 valence electrons. The standard InChI is InChI=1S/C10H14N4S/c1-7(2)8-4-13-14(6-8)10-12-5-9(11-3)15-10/h4-7,11H,1-3H3. The summed E-state index contributed by atoms with van der Waals surface area (Å²) in [6.45, 7) is 4.31. The van der Waals surface area contributed by atoms with Gasteiger partial charge < -0.3 is 5.32 Å². The van der Waals surface area contributed by atoms with Crippen LogP contribution in [0.25, 0.3) is 5.13 Å². The van der Waals surface area contributed by atoms with E-state index in [2.05, 4.69) is 29.2 Å². The van der Waals surface area contributed by atoms with Crippen LogP contribution in [-0.2, 0) is 0 Å². The Kier molecular flexibility index (Phi) is 2.73. The van der Waals surface area contributed by atoms with Crippen LogP contribution in [0.2, 0.25) is 0 Å². The molecule has 5 heteroatoms. The highest BCUT2D eigenvalue weighted by Crippen LogP contribution is 2.22. The molecule has 0 aliphatic rings. The van der Waals surface area contributed by atoms with Crippen LogP contribution in [0.15, 0.2) is 18.6 Å². The minimum atomic E-state index is 0.502. The molecule has 0 saturated carbocycles. The van der Waals surface area contributed by atoms with E-state index in [0.29, 0.717) is 5.92 Å². The Labute approximate surface area is 93.0 Å². The number of rotatable bonds is 3. The van der Waals surface area contributed by atoms with E-state index >= 15 is 0 Å². The first kappa shape index (κ1) is 10.2. The second kappa shape index (κ2) is 4.02. The van der Waals surface area contributed by atoms with Gasteiger partial charge in [0.2, 0.25) is 5.13 Å². The monoisotopic (exact) mass is 222 g/mol. The van der Waals surface area contributed by atoms with Gasteiger partial charge in [-0.15, -0.1) is 0 Å². The molecule has 0 radical (unpaired) electrons. The Bertz CT molecular complexity index is 444. The molecule has 0 unspecified atom stereocenters. The average molecular weight is 222 g/mol. The smallest absolute Gasteiger partial charge is 0.212 e. The molecule has 2 heterocycles. The molecule has 0 aromatic carbocycles. The van der Waals surface area contributed by atoms with Gasteiger partial charge in [0.15, 0.2) is 0 Å². The lowest BCUT2D eigenvalue weighted by molar-refractivity contribution is 0.854. The van der Waals surface area contributed by atoms with Crippen molar-refractivity contribution in [3.05, 3.63) is 24.2 Å². The van der Waals surface area contributed by atoms with Crippen molar-refractivity contribution < 1.29 is 0 Å². The predicted molar refractivity (Wildman–Crippen MR) is 62.9 cm³/mol. The summed E-state index contributed by atoms with van der Waals surface area (Å²) in [5, 5.41) is 9.30. The van der Waals surface area contributed by atoms with Crippen molar-refractivity contribution in [3.8, 4) is 5.13 Å². The number of hydrogen-bond acceptors (Lipinski definition) is 4. The van der Waals surface area contributed by atoms with E-state index in [1.165, 1.54) is 5.56 Å². The third-order valence-corrected chi connectivity index (χ3v) is 3.21. The molecule has 0 spiro atoms. The summed E-state index contributed by atoms with van der Waals surface area (Å²) in [7, 11) is 1.89. The number of anilines is 1. The topological polar surface area (TPSA) is 42.7 Å². The number of nitrogens with one attached hydrogen (secondary N) is 1. The van der Waals surface area contributed by atoms with Crippen LogP contribution >= 0.6 is 11.3 Å². The number of thiazole rings is 1. The zero-order valence-corrected chi connectivity index (χ0v) is 9.88. The van der Waals surface area contributed by atoms with Gasteiger partial charge in [0.05, 0.1) is 12.4 Å². The van der Waals surface area contributed by atoms with E-state index in [1.807, 2.05) is 30.3 Å². The van der Waals surface area contributed by atoms with Crippen molar-refractivity contribution in [3.63, 3.8) is 0 Å². The maximum atomic E-state index is 4.29. The molecule has 0 atom stereocenters. The molecular formula is C10H14N4S. The summed E-state index contributed by atoms with van der Waals surface area (Å²) in [5.74, 6) is 0.502. The largest absolute Gasteiger partial charge is 0.379 e. The molecule has 0 aliphatic heterocycles. The van der Waals surface area contributed by atoms with Gasteiger partial charge in [-0.25, -0.2) is 9.67 Å². The normalized spacial score (nSPS) is 10.9. The maximum Gasteiger partial charge on any atom is 0.212 e. The van der Waals surface area contributed by atoms with E-state index in [0.717, 1.165) is 10.1 Å². The minimum absolute atomic E-state index is 0.502. The summed E-state index contributed by atoms with van der Waals surface area (Å²) in [6.07, 6.45) is 5.74. The second-order valence-electron chi connectivity index (χ2n) is 3.63. The quantitative estimate of drug-likeness (QED) is 0.867. The number of nitrogens with zero attached hydrogens (tertiary/aromatic N) is 3. The summed E-state index contributed by atoms with van der Waals surface area (Å²) in [6, 6.07) is 0. The van der Waals surface area contributed by atoms with Crippen molar-refractivity contribution >= 4 is 16.3 Å². The van der Waals surface area contributed by atoms with E-state index in [-0.39, 0.29) is 0 Å². The zero-order valence-electron chi connectivity index (χ0n) is 9.06. The van der Waals surface area contributed by atoms with Gasteiger partial charge in [0.25, 0.3) is 0 Å². The Morgan fingerprint density at radius 1 is 1.40 bits per heavy atom. The third kappa shape index (κ3) is 2.02. The van der Waals surface area contributed by atoms with E-state index in [4.69, 9.17) is 0 Å². The Morgan fingerprint density at radius 2 is 2.20 bits per heavy atom. The molecule has 0 aliphatic carbocycles. The zero-order chi connectivity index (χ0) is 10.8. The summed E-state index contributed by atoms with van der Waals surface area (Å²) >= 11 is 1.59. The van der Waals surface area contributed by atoms with E-state index in [9.17, 15) is 0 Å². The van der Waals surface area contributed by atoms with Crippen LogP contribution in [-0.4, -0.2) is 21.8 Å². The number of aromatic nitrogens is 3. The first-order valence-corrected chi connectivity index (χ1v) is 5.71. The highest BCUT2D eigenvalue weighted by molar-refractivity contribution is 7.18. The van der Waals surface area contributed by atoms with Crippen LogP contribution in [0.1, 0.15) is 25.3 Å². The van der Waals surface area contributed by atoms with Crippen molar-refractivity contribution in [2.24, 2.45) is 0 Å². The predicted octanol–water partition coefficient (Wildman–Crippen LogP) is 2.49. The Hall–Kier alpha value is -1.36. The molecule has 0 bridgehead atoms. The fraction of sp³-hybridized carbons (Fsp3) is 0.400. The van der Waals surface area contributed by atoms with Crippen LogP contribution in [0.5, 0.6) is 0 Å². The van der Waals surface area contributed by atoms with Gasteiger partial charge in [-0.1, -0.05) is 25.2 Å². The van der Waals surface area contributed by atoms with E-state index in [1.54, 1.807) is 11.3 Å². The SMILES string of the molecule is CNc1cnc(-n2cc(C(C)C)cn2)s1. The third-order valence-electron chi connectivity index (χ3n) is 2.21. The molecule has 1 N–H and O–H groups in total. The molecule has 2 rings (SSSR count). The molecule has 0 fully saturated rings. The van der Waals surface area contributed by atoms with Gasteiger partial charge in [-0.3, -0.25) is 0 Å².